The van der Waals surface area contributed by atoms with Crippen LogP contribution in [0.3, 0.4) is 0 Å². The minimum Gasteiger partial charge on any atom is -0.309 e. The molecule has 2 N–H and O–H groups in total. The molecule has 1 amide bonds. The molecule has 2 rings (SSSR count). The number of rotatable bonds is 3. The fourth-order valence-corrected chi connectivity index (χ4v) is 2.31. The van der Waals surface area contributed by atoms with E-state index in [1.54, 1.807) is 25.1 Å². The first-order valence-electron chi connectivity index (χ1n) is 5.88. The zero-order chi connectivity index (χ0) is 13.2. The SMILES string of the molecule is CC[C@]1(F)CN[C@H](C(=O)Nc2cccc(Br)n2)C1. The summed E-state index contributed by atoms with van der Waals surface area (Å²) in [6.45, 7) is 2.02. The van der Waals surface area contributed by atoms with Gasteiger partial charge in [0.25, 0.3) is 0 Å². The molecule has 2 atom stereocenters. The van der Waals surface area contributed by atoms with E-state index < -0.39 is 11.7 Å². The van der Waals surface area contributed by atoms with Crippen molar-refractivity contribution in [3.63, 3.8) is 0 Å². The molecular weight excluding hydrogens is 301 g/mol. The first-order chi connectivity index (χ1) is 8.52. The second-order valence-corrected chi connectivity index (χ2v) is 5.29. The van der Waals surface area contributed by atoms with Gasteiger partial charge in [0, 0.05) is 13.0 Å². The summed E-state index contributed by atoms with van der Waals surface area (Å²) in [4.78, 5) is 16.0. The van der Waals surface area contributed by atoms with Gasteiger partial charge in [0.15, 0.2) is 0 Å². The summed E-state index contributed by atoms with van der Waals surface area (Å²) in [5.74, 6) is 0.220. The van der Waals surface area contributed by atoms with Crippen molar-refractivity contribution in [1.82, 2.24) is 10.3 Å². The number of halogens is 2. The number of aromatic nitrogens is 1. The Bertz CT molecular complexity index is 457. The van der Waals surface area contributed by atoms with Crippen LogP contribution in [0.2, 0.25) is 0 Å². The fourth-order valence-electron chi connectivity index (χ4n) is 1.96. The minimum atomic E-state index is -1.27. The van der Waals surface area contributed by atoms with Gasteiger partial charge in [-0.05, 0) is 34.5 Å². The average molecular weight is 316 g/mol. The summed E-state index contributed by atoms with van der Waals surface area (Å²) in [6, 6.07) is 4.75. The van der Waals surface area contributed by atoms with Crippen molar-refractivity contribution in [2.45, 2.75) is 31.5 Å². The number of amides is 1. The van der Waals surface area contributed by atoms with Gasteiger partial charge in [-0.3, -0.25) is 4.79 Å². The van der Waals surface area contributed by atoms with Gasteiger partial charge in [-0.25, -0.2) is 9.37 Å². The van der Waals surface area contributed by atoms with E-state index in [-0.39, 0.29) is 18.9 Å². The fraction of sp³-hybridized carbons (Fsp3) is 0.500. The Morgan fingerprint density at radius 1 is 1.72 bits per heavy atom. The highest BCUT2D eigenvalue weighted by molar-refractivity contribution is 9.10. The summed E-state index contributed by atoms with van der Waals surface area (Å²) in [5, 5.41) is 5.58. The van der Waals surface area contributed by atoms with Gasteiger partial charge in [0.1, 0.15) is 16.1 Å². The van der Waals surface area contributed by atoms with Crippen LogP contribution in [0.4, 0.5) is 10.2 Å². The molecule has 6 heteroatoms. The highest BCUT2D eigenvalue weighted by Crippen LogP contribution is 2.27. The normalized spacial score (nSPS) is 27.2. The molecule has 0 radical (unpaired) electrons. The van der Waals surface area contributed by atoms with E-state index in [4.69, 9.17) is 0 Å². The Morgan fingerprint density at radius 3 is 3.11 bits per heavy atom. The number of hydrogen-bond donors (Lipinski definition) is 2. The predicted molar refractivity (Wildman–Crippen MR) is 71.1 cm³/mol. The molecule has 1 saturated heterocycles. The lowest BCUT2D eigenvalue weighted by Gasteiger charge is -2.15. The van der Waals surface area contributed by atoms with Crippen LogP contribution in [-0.4, -0.2) is 29.1 Å². The van der Waals surface area contributed by atoms with Crippen LogP contribution in [0.1, 0.15) is 19.8 Å². The van der Waals surface area contributed by atoms with Crippen LogP contribution >= 0.6 is 15.9 Å². The summed E-state index contributed by atoms with van der Waals surface area (Å²) in [7, 11) is 0. The van der Waals surface area contributed by atoms with E-state index >= 15 is 0 Å². The summed E-state index contributed by atoms with van der Waals surface area (Å²) < 4.78 is 14.6. The topological polar surface area (TPSA) is 54.0 Å². The lowest BCUT2D eigenvalue weighted by atomic mass is 9.99. The molecule has 0 unspecified atom stereocenters. The second kappa shape index (κ2) is 5.32. The summed E-state index contributed by atoms with van der Waals surface area (Å²) >= 11 is 3.23. The van der Waals surface area contributed by atoms with Gasteiger partial charge >= 0.3 is 0 Å². The molecule has 1 aromatic rings. The van der Waals surface area contributed by atoms with Crippen LogP contribution in [0.15, 0.2) is 22.8 Å². The van der Waals surface area contributed by atoms with Gasteiger partial charge < -0.3 is 10.6 Å². The van der Waals surface area contributed by atoms with E-state index in [1.807, 2.05) is 0 Å². The van der Waals surface area contributed by atoms with Gasteiger partial charge in [-0.2, -0.15) is 0 Å². The molecule has 0 aromatic carbocycles. The lowest BCUT2D eigenvalue weighted by Crippen LogP contribution is -2.35. The maximum atomic E-state index is 14.0. The number of hydrogen-bond acceptors (Lipinski definition) is 3. The van der Waals surface area contributed by atoms with E-state index in [0.717, 1.165) is 0 Å². The van der Waals surface area contributed by atoms with Gasteiger partial charge in [0.2, 0.25) is 5.91 Å². The largest absolute Gasteiger partial charge is 0.309 e. The molecule has 0 aliphatic carbocycles. The smallest absolute Gasteiger partial charge is 0.242 e. The predicted octanol–water partition coefficient (Wildman–Crippen LogP) is 2.26. The van der Waals surface area contributed by atoms with E-state index in [1.165, 1.54) is 0 Å². The Hall–Kier alpha value is -1.01. The number of nitrogens with one attached hydrogen (secondary N) is 2. The zero-order valence-electron chi connectivity index (χ0n) is 10.0. The van der Waals surface area contributed by atoms with Crippen molar-refractivity contribution in [2.75, 3.05) is 11.9 Å². The molecule has 0 bridgehead atoms. The molecule has 1 aromatic heterocycles. The van der Waals surface area contributed by atoms with Crippen molar-refractivity contribution >= 4 is 27.7 Å². The van der Waals surface area contributed by atoms with Gasteiger partial charge in [0.05, 0.1) is 6.04 Å². The minimum absolute atomic E-state index is 0.212. The Labute approximate surface area is 113 Å². The van der Waals surface area contributed by atoms with Crippen LogP contribution in [-0.2, 0) is 4.79 Å². The van der Waals surface area contributed by atoms with Crippen LogP contribution < -0.4 is 10.6 Å². The molecule has 1 aliphatic rings. The number of carbonyl (C=O) groups is 1. The molecule has 2 heterocycles. The quantitative estimate of drug-likeness (QED) is 0.841. The first kappa shape index (κ1) is 13.4. The average Bonchev–Trinajstić information content (AvgIpc) is 2.73. The van der Waals surface area contributed by atoms with Crippen molar-refractivity contribution in [2.24, 2.45) is 0 Å². The van der Waals surface area contributed by atoms with Crippen molar-refractivity contribution in [3.8, 4) is 0 Å². The molecule has 0 spiro atoms. The molecule has 18 heavy (non-hydrogen) atoms. The van der Waals surface area contributed by atoms with Crippen molar-refractivity contribution in [3.05, 3.63) is 22.8 Å². The van der Waals surface area contributed by atoms with E-state index in [0.29, 0.717) is 16.8 Å². The van der Waals surface area contributed by atoms with Crippen molar-refractivity contribution in [1.29, 1.82) is 0 Å². The molecule has 98 valence electrons. The zero-order valence-corrected chi connectivity index (χ0v) is 11.6. The number of pyridine rings is 1. The number of alkyl halides is 1. The summed E-state index contributed by atoms with van der Waals surface area (Å²) in [5.41, 5.74) is -1.27. The third-order valence-corrected chi connectivity index (χ3v) is 3.59. The number of carbonyl (C=O) groups excluding carboxylic acids is 1. The van der Waals surface area contributed by atoms with Crippen LogP contribution in [0.5, 0.6) is 0 Å². The van der Waals surface area contributed by atoms with Crippen molar-refractivity contribution < 1.29 is 9.18 Å². The molecular formula is C12H15BrFN3O. The molecule has 1 aliphatic heterocycles. The Balaban J connectivity index is 1.97. The first-order valence-corrected chi connectivity index (χ1v) is 6.67. The lowest BCUT2D eigenvalue weighted by molar-refractivity contribution is -0.118. The number of nitrogens with zero attached hydrogens (tertiary/aromatic N) is 1. The van der Waals surface area contributed by atoms with E-state index in [2.05, 4.69) is 31.5 Å². The standard InChI is InChI=1S/C12H15BrFN3O/c1-2-12(14)6-8(15-7-12)11(18)17-10-5-3-4-9(13)16-10/h3-5,8,15H,2,6-7H2,1H3,(H,16,17,18)/t8-,12+/m0/s1. The number of anilines is 1. The summed E-state index contributed by atoms with van der Waals surface area (Å²) in [6.07, 6.45) is 0.627. The van der Waals surface area contributed by atoms with Gasteiger partial charge in [-0.15, -0.1) is 0 Å². The Morgan fingerprint density at radius 2 is 2.50 bits per heavy atom. The third kappa shape index (κ3) is 3.05. The molecule has 4 nitrogen and oxygen atoms in total. The van der Waals surface area contributed by atoms with Crippen LogP contribution in [0.25, 0.3) is 0 Å². The maximum absolute atomic E-state index is 14.0. The molecule has 1 fully saturated rings. The maximum Gasteiger partial charge on any atom is 0.242 e. The highest BCUT2D eigenvalue weighted by atomic mass is 79.9. The monoisotopic (exact) mass is 315 g/mol. The highest BCUT2D eigenvalue weighted by Gasteiger charge is 2.40. The third-order valence-electron chi connectivity index (χ3n) is 3.15. The molecule has 0 saturated carbocycles. The Kier molecular flexibility index (Phi) is 3.97. The van der Waals surface area contributed by atoms with Crippen LogP contribution in [0, 0.1) is 0 Å². The second-order valence-electron chi connectivity index (χ2n) is 4.48. The van der Waals surface area contributed by atoms with Gasteiger partial charge in [-0.1, -0.05) is 13.0 Å². The van der Waals surface area contributed by atoms with E-state index in [9.17, 15) is 9.18 Å².